The third kappa shape index (κ3) is 4.08. The van der Waals surface area contributed by atoms with Crippen LogP contribution in [0.25, 0.3) is 0 Å². The van der Waals surface area contributed by atoms with Crippen molar-refractivity contribution in [3.63, 3.8) is 0 Å². The quantitative estimate of drug-likeness (QED) is 0.867. The molecule has 2 heterocycles. The van der Waals surface area contributed by atoms with Gasteiger partial charge in [-0.15, -0.1) is 0 Å². The topological polar surface area (TPSA) is 63.2 Å². The molecule has 1 fully saturated rings. The summed E-state index contributed by atoms with van der Waals surface area (Å²) in [5.41, 5.74) is 3.94. The van der Waals surface area contributed by atoms with Crippen molar-refractivity contribution in [3.05, 3.63) is 53.6 Å². The van der Waals surface area contributed by atoms with Crippen LogP contribution in [0.15, 0.2) is 47.5 Å². The summed E-state index contributed by atoms with van der Waals surface area (Å²) < 4.78 is 11.3. The minimum absolute atomic E-state index is 0.166. The van der Waals surface area contributed by atoms with E-state index in [9.17, 15) is 4.79 Å². The smallest absolute Gasteiger partial charge is 0.275 e. The van der Waals surface area contributed by atoms with Crippen LogP contribution in [0.3, 0.4) is 0 Å². The van der Waals surface area contributed by atoms with Gasteiger partial charge in [0.1, 0.15) is 18.1 Å². The number of benzene rings is 2. The first kappa shape index (κ1) is 18.7. The Morgan fingerprint density at radius 1 is 1.18 bits per heavy atom. The number of carbonyl (C=O) groups is 1. The first-order chi connectivity index (χ1) is 13.6. The Bertz CT molecular complexity index is 886. The van der Waals surface area contributed by atoms with Gasteiger partial charge < -0.3 is 14.8 Å². The maximum Gasteiger partial charge on any atom is 0.275 e. The van der Waals surface area contributed by atoms with Crippen molar-refractivity contribution in [1.29, 1.82) is 0 Å². The molecule has 1 amide bonds. The highest BCUT2D eigenvalue weighted by atomic mass is 16.5. The van der Waals surface area contributed by atoms with E-state index in [1.807, 2.05) is 49.4 Å². The molecule has 2 aliphatic heterocycles. The van der Waals surface area contributed by atoms with Crippen LogP contribution in [0, 0.1) is 6.92 Å². The van der Waals surface area contributed by atoms with Crippen LogP contribution in [0.1, 0.15) is 18.1 Å². The molecule has 4 rings (SSSR count). The number of aliphatic imine (C=N–C) groups is 1. The molecule has 2 aromatic rings. The molecule has 0 spiro atoms. The van der Waals surface area contributed by atoms with E-state index in [-0.39, 0.29) is 5.91 Å². The van der Waals surface area contributed by atoms with Gasteiger partial charge in [-0.2, -0.15) is 0 Å². The minimum Gasteiger partial charge on any atom is -0.492 e. The van der Waals surface area contributed by atoms with Gasteiger partial charge in [-0.25, -0.2) is 4.99 Å². The van der Waals surface area contributed by atoms with Crippen LogP contribution in [0.4, 0.5) is 11.4 Å². The van der Waals surface area contributed by atoms with Crippen LogP contribution < -0.4 is 10.1 Å². The zero-order valence-corrected chi connectivity index (χ0v) is 16.3. The molecule has 2 aromatic carbocycles. The van der Waals surface area contributed by atoms with Crippen LogP contribution in [-0.2, 0) is 9.53 Å². The van der Waals surface area contributed by atoms with Crippen molar-refractivity contribution >= 4 is 23.0 Å². The first-order valence-electron chi connectivity index (χ1n) is 9.66. The lowest BCUT2D eigenvalue weighted by molar-refractivity contribution is -0.110. The highest BCUT2D eigenvalue weighted by molar-refractivity contribution is 6.54. The molecule has 1 atom stereocenters. The van der Waals surface area contributed by atoms with Gasteiger partial charge in [0.15, 0.2) is 0 Å². The third-order valence-corrected chi connectivity index (χ3v) is 5.13. The number of fused-ring (bicyclic) bond motifs is 1. The number of ether oxygens (including phenoxy) is 2. The molecule has 0 aliphatic carbocycles. The lowest BCUT2D eigenvalue weighted by Gasteiger charge is -2.32. The standard InChI is InChI=1S/C22H25N3O3/c1-15-3-8-20-19(13-15)21(22(26)24-20)23-17-4-6-18(7-5-17)28-14-16(2)25-9-11-27-12-10-25/h3-8,13,16H,9-12,14H2,1-2H3,(H,23,24,26). The SMILES string of the molecule is Cc1ccc2c(c1)C(=Nc1ccc(OCC(C)N3CCOCC3)cc1)C(=O)N2. The molecule has 28 heavy (non-hydrogen) atoms. The number of hydrogen-bond acceptors (Lipinski definition) is 5. The van der Waals surface area contributed by atoms with Gasteiger partial charge in [-0.3, -0.25) is 9.69 Å². The van der Waals surface area contributed by atoms with Gasteiger partial charge in [0.2, 0.25) is 0 Å². The third-order valence-electron chi connectivity index (χ3n) is 5.13. The van der Waals surface area contributed by atoms with Gasteiger partial charge in [-0.1, -0.05) is 11.6 Å². The minimum atomic E-state index is -0.166. The van der Waals surface area contributed by atoms with Crippen LogP contribution in [0.5, 0.6) is 5.75 Å². The van der Waals surface area contributed by atoms with Crippen molar-refractivity contribution in [3.8, 4) is 5.75 Å². The van der Waals surface area contributed by atoms with E-state index in [0.717, 1.165) is 54.6 Å². The van der Waals surface area contributed by atoms with Crippen LogP contribution in [-0.4, -0.2) is 55.5 Å². The van der Waals surface area contributed by atoms with E-state index < -0.39 is 0 Å². The molecule has 0 saturated carbocycles. The van der Waals surface area contributed by atoms with Crippen molar-refractivity contribution in [1.82, 2.24) is 4.90 Å². The van der Waals surface area contributed by atoms with Gasteiger partial charge in [0.25, 0.3) is 5.91 Å². The maximum absolute atomic E-state index is 12.3. The average Bonchev–Trinajstić information content (AvgIpc) is 3.02. The van der Waals surface area contributed by atoms with Gasteiger partial charge in [-0.05, 0) is 50.2 Å². The number of aryl methyl sites for hydroxylation is 1. The number of carbonyl (C=O) groups excluding carboxylic acids is 1. The van der Waals surface area contributed by atoms with Gasteiger partial charge in [0, 0.05) is 24.7 Å². The van der Waals surface area contributed by atoms with E-state index in [0.29, 0.717) is 18.4 Å². The Kier molecular flexibility index (Phi) is 5.41. The molecular weight excluding hydrogens is 354 g/mol. The number of morpholine rings is 1. The fourth-order valence-electron chi connectivity index (χ4n) is 3.46. The fraction of sp³-hybridized carbons (Fsp3) is 0.364. The normalized spacial score (nSPS) is 19.4. The molecular formula is C22H25N3O3. The predicted octanol–water partition coefficient (Wildman–Crippen LogP) is 3.17. The molecule has 0 radical (unpaired) electrons. The van der Waals surface area contributed by atoms with E-state index >= 15 is 0 Å². The van der Waals surface area contributed by atoms with Crippen molar-refractivity contribution in [2.45, 2.75) is 19.9 Å². The Morgan fingerprint density at radius 2 is 1.93 bits per heavy atom. The Balaban J connectivity index is 1.42. The highest BCUT2D eigenvalue weighted by Gasteiger charge is 2.25. The van der Waals surface area contributed by atoms with Gasteiger partial charge in [0.05, 0.1) is 24.6 Å². The lowest BCUT2D eigenvalue weighted by atomic mass is 10.1. The summed E-state index contributed by atoms with van der Waals surface area (Å²) in [4.78, 5) is 19.2. The Hall–Kier alpha value is -2.70. The highest BCUT2D eigenvalue weighted by Crippen LogP contribution is 2.27. The zero-order valence-electron chi connectivity index (χ0n) is 16.3. The monoisotopic (exact) mass is 379 g/mol. The second-order valence-corrected chi connectivity index (χ2v) is 7.27. The largest absolute Gasteiger partial charge is 0.492 e. The van der Waals surface area contributed by atoms with E-state index in [1.54, 1.807) is 0 Å². The van der Waals surface area contributed by atoms with Gasteiger partial charge >= 0.3 is 0 Å². The van der Waals surface area contributed by atoms with Crippen molar-refractivity contribution in [2.75, 3.05) is 38.2 Å². The van der Waals surface area contributed by atoms with Crippen LogP contribution in [0.2, 0.25) is 0 Å². The number of nitrogens with zero attached hydrogens (tertiary/aromatic N) is 2. The van der Waals surface area contributed by atoms with E-state index in [1.165, 1.54) is 0 Å². The summed E-state index contributed by atoms with van der Waals surface area (Å²) in [6, 6.07) is 13.8. The summed E-state index contributed by atoms with van der Waals surface area (Å²) in [5.74, 6) is 0.636. The second-order valence-electron chi connectivity index (χ2n) is 7.27. The van der Waals surface area contributed by atoms with Crippen molar-refractivity contribution in [2.24, 2.45) is 4.99 Å². The number of amides is 1. The van der Waals surface area contributed by atoms with E-state index in [4.69, 9.17) is 9.47 Å². The summed E-state index contributed by atoms with van der Waals surface area (Å²) >= 11 is 0. The van der Waals surface area contributed by atoms with E-state index in [2.05, 4.69) is 22.1 Å². The maximum atomic E-state index is 12.3. The molecule has 1 unspecified atom stereocenters. The van der Waals surface area contributed by atoms with Crippen molar-refractivity contribution < 1.29 is 14.3 Å². The summed E-state index contributed by atoms with van der Waals surface area (Å²) in [6.45, 7) is 8.27. The summed E-state index contributed by atoms with van der Waals surface area (Å²) in [5, 5.41) is 2.86. The number of hydrogen-bond donors (Lipinski definition) is 1. The number of anilines is 1. The molecule has 0 bridgehead atoms. The molecule has 6 heteroatoms. The fourth-order valence-corrected chi connectivity index (χ4v) is 3.46. The Morgan fingerprint density at radius 3 is 2.68 bits per heavy atom. The first-order valence-corrected chi connectivity index (χ1v) is 9.66. The lowest BCUT2D eigenvalue weighted by Crippen LogP contribution is -2.44. The molecule has 146 valence electrons. The summed E-state index contributed by atoms with van der Waals surface area (Å²) in [6.07, 6.45) is 0. The molecule has 6 nitrogen and oxygen atoms in total. The number of nitrogens with one attached hydrogen (secondary N) is 1. The molecule has 1 saturated heterocycles. The second kappa shape index (κ2) is 8.12. The molecule has 2 aliphatic rings. The Labute approximate surface area is 165 Å². The summed E-state index contributed by atoms with van der Waals surface area (Å²) in [7, 11) is 0. The number of rotatable bonds is 5. The zero-order chi connectivity index (χ0) is 19.5. The predicted molar refractivity (Wildman–Crippen MR) is 110 cm³/mol. The average molecular weight is 379 g/mol. The molecule has 1 N–H and O–H groups in total. The molecule has 0 aromatic heterocycles. The van der Waals surface area contributed by atoms with Crippen LogP contribution >= 0.6 is 0 Å².